The molecule has 0 spiro atoms. The molecule has 0 N–H and O–H groups in total. The summed E-state index contributed by atoms with van der Waals surface area (Å²) in [5.74, 6) is 0. The van der Waals surface area contributed by atoms with Gasteiger partial charge in [0.2, 0.25) is 0 Å². The van der Waals surface area contributed by atoms with Gasteiger partial charge >= 0.3 is 0 Å². The summed E-state index contributed by atoms with van der Waals surface area (Å²) in [5, 5.41) is 0. The van der Waals surface area contributed by atoms with Gasteiger partial charge in [0.1, 0.15) is 0 Å². The molecule has 0 aromatic rings. The average Bonchev–Trinajstić information content (AvgIpc) is 2.46. The van der Waals surface area contributed by atoms with Crippen LogP contribution in [0.25, 0.3) is 0 Å². The second-order valence-corrected chi connectivity index (χ2v) is 11.7. The fourth-order valence-corrected chi connectivity index (χ4v) is 7.28. The highest BCUT2D eigenvalue weighted by atomic mass is 28.4. The van der Waals surface area contributed by atoms with Crippen molar-refractivity contribution >= 4 is 8.32 Å². The van der Waals surface area contributed by atoms with Crippen molar-refractivity contribution in [3.63, 3.8) is 0 Å². The Labute approximate surface area is 135 Å². The van der Waals surface area contributed by atoms with Crippen molar-refractivity contribution in [2.45, 2.75) is 122 Å². The maximum Gasteiger partial charge on any atom is 0.190 e. The predicted octanol–water partition coefficient (Wildman–Crippen LogP) is 7.07. The van der Waals surface area contributed by atoms with Crippen LogP contribution >= 0.6 is 0 Å². The normalized spacial score (nSPS) is 19.6. The Balaban J connectivity index is 1.92. The zero-order chi connectivity index (χ0) is 15.4. The molecule has 0 aromatic carbocycles. The fourth-order valence-electron chi connectivity index (χ4n) is 3.70. The van der Waals surface area contributed by atoms with Crippen LogP contribution < -0.4 is 0 Å². The highest BCUT2D eigenvalue weighted by Gasteiger charge is 2.32. The summed E-state index contributed by atoms with van der Waals surface area (Å²) in [5.41, 5.74) is 0. The lowest BCUT2D eigenvalue weighted by molar-refractivity contribution is 0.189. The standard InChI is InChI=1S/C19H40OSi/c1-4-5-6-7-8-9-10-11-13-16-19(2)20-21(3)17-14-12-15-18-21/h19H,4-18H2,1-3H3. The van der Waals surface area contributed by atoms with Crippen molar-refractivity contribution < 1.29 is 4.43 Å². The van der Waals surface area contributed by atoms with Gasteiger partial charge in [0.25, 0.3) is 0 Å². The van der Waals surface area contributed by atoms with E-state index < -0.39 is 8.32 Å². The van der Waals surface area contributed by atoms with E-state index in [1.54, 1.807) is 0 Å². The first-order valence-electron chi connectivity index (χ1n) is 9.84. The second-order valence-electron chi connectivity index (χ2n) is 7.56. The molecule has 0 aliphatic carbocycles. The van der Waals surface area contributed by atoms with Crippen LogP contribution in [0.5, 0.6) is 0 Å². The highest BCUT2D eigenvalue weighted by Crippen LogP contribution is 2.30. The quantitative estimate of drug-likeness (QED) is 0.276. The van der Waals surface area contributed by atoms with Gasteiger partial charge < -0.3 is 4.43 Å². The molecule has 0 saturated carbocycles. The number of rotatable bonds is 12. The first kappa shape index (κ1) is 19.2. The highest BCUT2D eigenvalue weighted by molar-refractivity contribution is 6.72. The maximum atomic E-state index is 6.49. The molecule has 1 unspecified atom stereocenters. The molecule has 1 nitrogen and oxygen atoms in total. The van der Waals surface area contributed by atoms with E-state index in [0.29, 0.717) is 6.10 Å². The second kappa shape index (κ2) is 11.7. The van der Waals surface area contributed by atoms with Gasteiger partial charge in [-0.2, -0.15) is 0 Å². The van der Waals surface area contributed by atoms with E-state index in [4.69, 9.17) is 4.43 Å². The van der Waals surface area contributed by atoms with Gasteiger partial charge in [-0.1, -0.05) is 84.0 Å². The molecule has 0 aromatic heterocycles. The van der Waals surface area contributed by atoms with E-state index >= 15 is 0 Å². The van der Waals surface area contributed by atoms with Crippen LogP contribution in [0, 0.1) is 0 Å². The molecule has 0 amide bonds. The zero-order valence-electron chi connectivity index (χ0n) is 15.1. The van der Waals surface area contributed by atoms with Gasteiger partial charge in [0, 0.05) is 6.10 Å². The van der Waals surface area contributed by atoms with E-state index in [9.17, 15) is 0 Å². The van der Waals surface area contributed by atoms with Crippen LogP contribution in [0.3, 0.4) is 0 Å². The molecule has 21 heavy (non-hydrogen) atoms. The Kier molecular flexibility index (Phi) is 10.7. The van der Waals surface area contributed by atoms with Crippen LogP contribution in [-0.4, -0.2) is 14.4 Å². The van der Waals surface area contributed by atoms with Crippen molar-refractivity contribution in [3.05, 3.63) is 0 Å². The van der Waals surface area contributed by atoms with Gasteiger partial charge in [-0.3, -0.25) is 0 Å². The first-order chi connectivity index (χ1) is 10.2. The predicted molar refractivity (Wildman–Crippen MR) is 97.5 cm³/mol. The van der Waals surface area contributed by atoms with E-state index in [-0.39, 0.29) is 0 Å². The lowest BCUT2D eigenvalue weighted by Crippen LogP contribution is -2.39. The van der Waals surface area contributed by atoms with E-state index in [1.807, 2.05) is 0 Å². The summed E-state index contributed by atoms with van der Waals surface area (Å²) < 4.78 is 6.49. The Morgan fingerprint density at radius 2 is 1.33 bits per heavy atom. The molecule has 0 bridgehead atoms. The lowest BCUT2D eigenvalue weighted by atomic mass is 10.1. The summed E-state index contributed by atoms with van der Waals surface area (Å²) >= 11 is 0. The Bertz CT molecular complexity index is 236. The van der Waals surface area contributed by atoms with Gasteiger partial charge in [0.15, 0.2) is 8.32 Å². The summed E-state index contributed by atoms with van der Waals surface area (Å²) in [6, 6.07) is 2.82. The van der Waals surface area contributed by atoms with Gasteiger partial charge in [-0.05, 0) is 32.0 Å². The Hall–Kier alpha value is 0.177. The third-order valence-corrected chi connectivity index (χ3v) is 8.91. The fraction of sp³-hybridized carbons (Fsp3) is 1.00. The molecule has 0 radical (unpaired) electrons. The van der Waals surface area contributed by atoms with Crippen molar-refractivity contribution in [2.24, 2.45) is 0 Å². The van der Waals surface area contributed by atoms with Crippen molar-refractivity contribution in [1.82, 2.24) is 0 Å². The van der Waals surface area contributed by atoms with Crippen LogP contribution in [0.2, 0.25) is 18.6 Å². The number of hydrogen-bond donors (Lipinski definition) is 0. The number of hydrogen-bond acceptors (Lipinski definition) is 1. The zero-order valence-corrected chi connectivity index (χ0v) is 16.1. The Morgan fingerprint density at radius 1 is 0.810 bits per heavy atom. The van der Waals surface area contributed by atoms with Gasteiger partial charge in [-0.25, -0.2) is 0 Å². The first-order valence-corrected chi connectivity index (χ1v) is 12.7. The molecule has 1 rings (SSSR count). The molecular formula is C19H40OSi. The average molecular weight is 313 g/mol. The molecule has 1 fully saturated rings. The van der Waals surface area contributed by atoms with Crippen LogP contribution in [0.4, 0.5) is 0 Å². The maximum absolute atomic E-state index is 6.49. The van der Waals surface area contributed by atoms with Crippen LogP contribution in [0.1, 0.15) is 97.3 Å². The molecule has 2 heteroatoms. The Morgan fingerprint density at radius 3 is 1.90 bits per heavy atom. The van der Waals surface area contributed by atoms with E-state index in [0.717, 1.165) is 0 Å². The molecule has 1 saturated heterocycles. The minimum atomic E-state index is -1.29. The minimum absolute atomic E-state index is 0.518. The molecule has 126 valence electrons. The van der Waals surface area contributed by atoms with Crippen molar-refractivity contribution in [1.29, 1.82) is 0 Å². The smallest absolute Gasteiger partial charge is 0.190 e. The van der Waals surface area contributed by atoms with Gasteiger partial charge in [0.05, 0.1) is 0 Å². The van der Waals surface area contributed by atoms with E-state index in [1.165, 1.54) is 95.6 Å². The summed E-state index contributed by atoms with van der Waals surface area (Å²) in [7, 11) is -1.29. The molecular weight excluding hydrogens is 272 g/mol. The molecule has 1 aliphatic rings. The van der Waals surface area contributed by atoms with Crippen LogP contribution in [-0.2, 0) is 4.43 Å². The summed E-state index contributed by atoms with van der Waals surface area (Å²) in [6.07, 6.45) is 18.9. The summed E-state index contributed by atoms with van der Waals surface area (Å²) in [4.78, 5) is 0. The van der Waals surface area contributed by atoms with Crippen molar-refractivity contribution in [2.75, 3.05) is 0 Å². The summed E-state index contributed by atoms with van der Waals surface area (Å²) in [6.45, 7) is 7.08. The molecule has 1 aliphatic heterocycles. The number of unbranched alkanes of at least 4 members (excludes halogenated alkanes) is 8. The third-order valence-electron chi connectivity index (χ3n) is 5.11. The lowest BCUT2D eigenvalue weighted by Gasteiger charge is -2.34. The SMILES string of the molecule is CCCCCCCCCCCC(C)O[Si]1(C)CCCCC1. The van der Waals surface area contributed by atoms with E-state index in [2.05, 4.69) is 20.4 Å². The van der Waals surface area contributed by atoms with Crippen molar-refractivity contribution in [3.8, 4) is 0 Å². The topological polar surface area (TPSA) is 9.23 Å². The monoisotopic (exact) mass is 312 g/mol. The largest absolute Gasteiger partial charge is 0.414 e. The van der Waals surface area contributed by atoms with Crippen LogP contribution in [0.15, 0.2) is 0 Å². The third kappa shape index (κ3) is 9.73. The minimum Gasteiger partial charge on any atom is -0.414 e. The molecule has 1 heterocycles. The van der Waals surface area contributed by atoms with Gasteiger partial charge in [-0.15, -0.1) is 0 Å². The molecule has 1 atom stereocenters.